The number of nitrogens with zero attached hydrogens (tertiary/aromatic N) is 2. The van der Waals surface area contributed by atoms with E-state index in [1.807, 2.05) is 0 Å². The number of nitrogens with two attached hydrogens (primary N) is 1. The zero-order valence-corrected chi connectivity index (χ0v) is 9.78. The average Bonchev–Trinajstić information content (AvgIpc) is 2.24. The van der Waals surface area contributed by atoms with Crippen LogP contribution < -0.4 is 10.5 Å². The Labute approximate surface area is 103 Å². The number of anilines is 1. The Morgan fingerprint density at radius 1 is 1.28 bits per heavy atom. The predicted molar refractivity (Wildman–Crippen MR) is 54.7 cm³/mol. The predicted octanol–water partition coefficient (Wildman–Crippen LogP) is 2.36. The van der Waals surface area contributed by atoms with Crippen LogP contribution in [0.15, 0.2) is 11.2 Å². The second-order valence-electron chi connectivity index (χ2n) is 3.11. The van der Waals surface area contributed by atoms with E-state index in [1.165, 1.54) is 0 Å². The molecule has 0 amide bonds. The molecule has 1 aromatic heterocycles. The van der Waals surface area contributed by atoms with Crippen molar-refractivity contribution < 1.29 is 26.7 Å². The fraction of sp³-hybridized carbons (Fsp3) is 0.500. The van der Waals surface area contributed by atoms with E-state index in [0.29, 0.717) is 0 Å². The van der Waals surface area contributed by atoms with E-state index in [1.54, 1.807) is 6.26 Å². The summed E-state index contributed by atoms with van der Waals surface area (Å²) >= 11 is 1.04. The minimum Gasteiger partial charge on any atom is -0.471 e. The summed E-state index contributed by atoms with van der Waals surface area (Å²) in [5.41, 5.74) is 5.31. The van der Waals surface area contributed by atoms with Crippen LogP contribution in [0.1, 0.15) is 0 Å². The number of hydrogen-bond donors (Lipinski definition) is 1. The Morgan fingerprint density at radius 3 is 2.39 bits per heavy atom. The maximum atomic E-state index is 12.6. The van der Waals surface area contributed by atoms with Gasteiger partial charge in [0.05, 0.1) is 0 Å². The lowest BCUT2D eigenvalue weighted by molar-refractivity contribution is -0.290. The molecule has 0 fully saturated rings. The standard InChI is InChI=1S/C8H8F5N3OS/c1-18-6-15-4(14)2-5(16-6)17-3-7(9,10)8(11,12)13/h2H,3H2,1H3,(H2,14,15,16). The fourth-order valence-electron chi connectivity index (χ4n) is 0.832. The SMILES string of the molecule is CSc1nc(N)cc(OCC(F)(F)C(F)(F)F)n1. The molecule has 0 aliphatic rings. The molecule has 0 aliphatic heterocycles. The average molecular weight is 289 g/mol. The highest BCUT2D eigenvalue weighted by molar-refractivity contribution is 7.98. The Balaban J connectivity index is 2.78. The smallest absolute Gasteiger partial charge is 0.456 e. The zero-order valence-electron chi connectivity index (χ0n) is 8.96. The van der Waals surface area contributed by atoms with E-state index in [9.17, 15) is 22.0 Å². The van der Waals surface area contributed by atoms with Gasteiger partial charge in [0.1, 0.15) is 5.82 Å². The van der Waals surface area contributed by atoms with Crippen LogP contribution in [0.2, 0.25) is 0 Å². The van der Waals surface area contributed by atoms with Gasteiger partial charge < -0.3 is 10.5 Å². The molecule has 0 unspecified atom stereocenters. The number of halogens is 5. The van der Waals surface area contributed by atoms with Crippen molar-refractivity contribution >= 4 is 17.6 Å². The van der Waals surface area contributed by atoms with Gasteiger partial charge in [0, 0.05) is 6.07 Å². The highest BCUT2D eigenvalue weighted by atomic mass is 32.2. The molecule has 4 nitrogen and oxygen atoms in total. The van der Waals surface area contributed by atoms with Crippen LogP contribution in [0.25, 0.3) is 0 Å². The minimum atomic E-state index is -5.67. The number of rotatable bonds is 4. The molecular weight excluding hydrogens is 281 g/mol. The highest BCUT2D eigenvalue weighted by Crippen LogP contribution is 2.35. The summed E-state index contributed by atoms with van der Waals surface area (Å²) in [6.07, 6.45) is -4.09. The second kappa shape index (κ2) is 5.12. The summed E-state index contributed by atoms with van der Waals surface area (Å²) in [6, 6.07) is 0.964. The summed E-state index contributed by atoms with van der Waals surface area (Å²) in [7, 11) is 0. The molecule has 10 heteroatoms. The number of alkyl halides is 5. The van der Waals surface area contributed by atoms with Gasteiger partial charge in [-0.15, -0.1) is 0 Å². The van der Waals surface area contributed by atoms with E-state index in [2.05, 4.69) is 14.7 Å². The molecule has 0 aromatic carbocycles. The zero-order chi connectivity index (χ0) is 14.0. The molecule has 0 bridgehead atoms. The molecule has 0 saturated carbocycles. The van der Waals surface area contributed by atoms with Gasteiger partial charge in [-0.3, -0.25) is 0 Å². The van der Waals surface area contributed by atoms with Gasteiger partial charge in [-0.25, -0.2) is 4.98 Å². The molecule has 0 spiro atoms. The first-order chi connectivity index (χ1) is 8.15. The first kappa shape index (κ1) is 14.7. The third-order valence-corrected chi connectivity index (χ3v) is 2.25. The topological polar surface area (TPSA) is 61.0 Å². The van der Waals surface area contributed by atoms with Crippen molar-refractivity contribution in [3.05, 3.63) is 6.07 Å². The van der Waals surface area contributed by atoms with Crippen LogP contribution in [0.4, 0.5) is 27.8 Å². The number of thioether (sulfide) groups is 1. The van der Waals surface area contributed by atoms with Crippen molar-refractivity contribution in [1.82, 2.24) is 9.97 Å². The Kier molecular flexibility index (Phi) is 4.20. The van der Waals surface area contributed by atoms with Crippen LogP contribution in [0.5, 0.6) is 5.88 Å². The maximum absolute atomic E-state index is 12.6. The molecule has 0 aliphatic carbocycles. The molecule has 1 rings (SSSR count). The molecule has 0 atom stereocenters. The van der Waals surface area contributed by atoms with Crippen molar-refractivity contribution in [2.45, 2.75) is 17.3 Å². The van der Waals surface area contributed by atoms with Gasteiger partial charge >= 0.3 is 12.1 Å². The molecule has 18 heavy (non-hydrogen) atoms. The van der Waals surface area contributed by atoms with Crippen LogP contribution in [0, 0.1) is 0 Å². The first-order valence-corrected chi connectivity index (χ1v) is 5.64. The lowest BCUT2D eigenvalue weighted by Gasteiger charge is -2.19. The minimum absolute atomic E-state index is 0.0836. The van der Waals surface area contributed by atoms with Gasteiger partial charge in [-0.05, 0) is 6.26 Å². The van der Waals surface area contributed by atoms with Crippen molar-refractivity contribution in [1.29, 1.82) is 0 Å². The van der Waals surface area contributed by atoms with Crippen molar-refractivity contribution in [2.75, 3.05) is 18.6 Å². The Morgan fingerprint density at radius 2 is 1.89 bits per heavy atom. The van der Waals surface area contributed by atoms with Crippen molar-refractivity contribution in [3.63, 3.8) is 0 Å². The van der Waals surface area contributed by atoms with Gasteiger partial charge in [-0.1, -0.05) is 11.8 Å². The van der Waals surface area contributed by atoms with Gasteiger partial charge in [0.25, 0.3) is 0 Å². The fourth-order valence-corrected chi connectivity index (χ4v) is 1.21. The monoisotopic (exact) mass is 289 g/mol. The number of hydrogen-bond acceptors (Lipinski definition) is 5. The number of aromatic nitrogens is 2. The van der Waals surface area contributed by atoms with Crippen LogP contribution in [0.3, 0.4) is 0 Å². The lowest BCUT2D eigenvalue weighted by Crippen LogP contribution is -2.41. The van der Waals surface area contributed by atoms with Crippen LogP contribution in [-0.2, 0) is 0 Å². The van der Waals surface area contributed by atoms with Crippen molar-refractivity contribution in [3.8, 4) is 5.88 Å². The van der Waals surface area contributed by atoms with E-state index in [-0.39, 0.29) is 11.0 Å². The molecule has 1 heterocycles. The Bertz CT molecular complexity index is 426. The summed E-state index contributed by atoms with van der Waals surface area (Å²) in [5, 5.41) is 0.111. The van der Waals surface area contributed by atoms with E-state index in [4.69, 9.17) is 5.73 Å². The molecule has 1 aromatic rings. The lowest BCUT2D eigenvalue weighted by atomic mass is 10.3. The largest absolute Gasteiger partial charge is 0.471 e. The Hall–Kier alpha value is -1.32. The molecular formula is C8H8F5N3OS. The van der Waals surface area contributed by atoms with Gasteiger partial charge in [0.15, 0.2) is 11.8 Å². The third kappa shape index (κ3) is 3.59. The van der Waals surface area contributed by atoms with E-state index >= 15 is 0 Å². The summed E-state index contributed by atoms with van der Waals surface area (Å²) < 4.78 is 65.1. The second-order valence-corrected chi connectivity index (χ2v) is 3.88. The van der Waals surface area contributed by atoms with Crippen molar-refractivity contribution in [2.24, 2.45) is 0 Å². The van der Waals surface area contributed by atoms with Gasteiger partial charge in [-0.2, -0.15) is 26.9 Å². The summed E-state index contributed by atoms with van der Waals surface area (Å²) in [6.45, 7) is -1.86. The molecule has 0 saturated heterocycles. The third-order valence-electron chi connectivity index (χ3n) is 1.70. The number of nitrogen functional groups attached to an aromatic ring is 1. The van der Waals surface area contributed by atoms with E-state index in [0.717, 1.165) is 17.8 Å². The summed E-state index contributed by atoms with van der Waals surface area (Å²) in [5.74, 6) is -5.47. The molecule has 0 radical (unpaired) electrons. The number of ether oxygens (including phenoxy) is 1. The van der Waals surface area contributed by atoms with Gasteiger partial charge in [0.2, 0.25) is 5.88 Å². The molecule has 2 N–H and O–H groups in total. The van der Waals surface area contributed by atoms with Crippen LogP contribution >= 0.6 is 11.8 Å². The van der Waals surface area contributed by atoms with E-state index < -0.39 is 24.6 Å². The molecule has 102 valence electrons. The maximum Gasteiger partial charge on any atom is 0.456 e. The first-order valence-electron chi connectivity index (χ1n) is 4.41. The normalized spacial score (nSPS) is 12.6. The quantitative estimate of drug-likeness (QED) is 0.524. The highest BCUT2D eigenvalue weighted by Gasteiger charge is 2.58. The van der Waals surface area contributed by atoms with Crippen LogP contribution in [-0.4, -0.2) is 34.9 Å². The summed E-state index contributed by atoms with van der Waals surface area (Å²) in [4.78, 5) is 7.27.